The third-order valence-electron chi connectivity index (χ3n) is 6.15. The SMILES string of the molecule is CCCOc1ccccc1C1CC(=O)NC2=C1C(=O)CC(c1ccc(CC)cc1)C2. The molecule has 1 aliphatic heterocycles. The maximum Gasteiger partial charge on any atom is 0.225 e. The van der Waals surface area contributed by atoms with Crippen molar-refractivity contribution in [2.45, 2.75) is 57.8 Å². The van der Waals surface area contributed by atoms with E-state index in [0.29, 0.717) is 19.4 Å². The van der Waals surface area contributed by atoms with Gasteiger partial charge in [0.05, 0.1) is 6.61 Å². The molecule has 2 unspecified atom stereocenters. The van der Waals surface area contributed by atoms with Crippen LogP contribution in [-0.4, -0.2) is 18.3 Å². The summed E-state index contributed by atoms with van der Waals surface area (Å²) in [7, 11) is 0. The summed E-state index contributed by atoms with van der Waals surface area (Å²) < 4.78 is 5.94. The van der Waals surface area contributed by atoms with Crippen molar-refractivity contribution in [3.63, 3.8) is 0 Å². The Bertz CT molecular complexity index is 974. The maximum absolute atomic E-state index is 13.3. The van der Waals surface area contributed by atoms with E-state index in [1.54, 1.807) is 0 Å². The van der Waals surface area contributed by atoms with Gasteiger partial charge in [-0.2, -0.15) is 0 Å². The highest BCUT2D eigenvalue weighted by Gasteiger charge is 2.39. The van der Waals surface area contributed by atoms with E-state index >= 15 is 0 Å². The lowest BCUT2D eigenvalue weighted by Gasteiger charge is -2.35. The fourth-order valence-corrected chi connectivity index (χ4v) is 4.60. The monoisotopic (exact) mass is 403 g/mol. The number of ether oxygens (including phenoxy) is 1. The lowest BCUT2D eigenvalue weighted by Crippen LogP contribution is -2.38. The summed E-state index contributed by atoms with van der Waals surface area (Å²) in [6.07, 6.45) is 3.36. The Morgan fingerprint density at radius 2 is 1.73 bits per heavy atom. The standard InChI is InChI=1S/C26H29NO3/c1-3-13-30-24-8-6-5-7-20(24)21-16-25(29)27-22-14-19(15-23(28)26(21)22)18-11-9-17(4-2)10-12-18/h5-12,19,21H,3-4,13-16H2,1-2H3,(H,27,29). The van der Waals surface area contributed by atoms with Crippen molar-refractivity contribution < 1.29 is 14.3 Å². The number of ketones is 1. The molecule has 1 heterocycles. The molecule has 0 spiro atoms. The van der Waals surface area contributed by atoms with Gasteiger partial charge in [-0.15, -0.1) is 0 Å². The van der Waals surface area contributed by atoms with E-state index in [-0.39, 0.29) is 29.9 Å². The summed E-state index contributed by atoms with van der Waals surface area (Å²) in [6.45, 7) is 4.82. The zero-order chi connectivity index (χ0) is 21.1. The number of aryl methyl sites for hydroxylation is 1. The lowest BCUT2D eigenvalue weighted by molar-refractivity contribution is -0.122. The van der Waals surface area contributed by atoms with Gasteiger partial charge in [-0.05, 0) is 42.4 Å². The highest BCUT2D eigenvalue weighted by atomic mass is 16.5. The molecule has 0 aromatic heterocycles. The molecule has 156 valence electrons. The summed E-state index contributed by atoms with van der Waals surface area (Å²) >= 11 is 0. The van der Waals surface area contributed by atoms with Crippen molar-refractivity contribution >= 4 is 11.7 Å². The van der Waals surface area contributed by atoms with Gasteiger partial charge in [0.15, 0.2) is 5.78 Å². The minimum atomic E-state index is -0.238. The predicted molar refractivity (Wildman–Crippen MR) is 118 cm³/mol. The van der Waals surface area contributed by atoms with Crippen molar-refractivity contribution in [3.05, 3.63) is 76.5 Å². The van der Waals surface area contributed by atoms with Crippen LogP contribution in [0.1, 0.15) is 68.1 Å². The van der Waals surface area contributed by atoms with Crippen molar-refractivity contribution in [1.82, 2.24) is 5.32 Å². The Labute approximate surface area is 178 Å². The highest BCUT2D eigenvalue weighted by molar-refractivity contribution is 6.02. The van der Waals surface area contributed by atoms with Crippen molar-refractivity contribution in [3.8, 4) is 5.75 Å². The normalized spacial score (nSPS) is 21.3. The average Bonchev–Trinajstić information content (AvgIpc) is 2.77. The number of para-hydroxylation sites is 1. The Morgan fingerprint density at radius 3 is 2.47 bits per heavy atom. The van der Waals surface area contributed by atoms with E-state index < -0.39 is 0 Å². The first-order chi connectivity index (χ1) is 14.6. The van der Waals surface area contributed by atoms with Gasteiger partial charge in [0, 0.05) is 35.6 Å². The molecule has 30 heavy (non-hydrogen) atoms. The van der Waals surface area contributed by atoms with Crippen LogP contribution in [-0.2, 0) is 16.0 Å². The molecule has 2 aromatic rings. The van der Waals surface area contributed by atoms with Gasteiger partial charge < -0.3 is 10.1 Å². The van der Waals surface area contributed by atoms with Crippen LogP contribution < -0.4 is 10.1 Å². The minimum Gasteiger partial charge on any atom is -0.493 e. The molecule has 4 heteroatoms. The smallest absolute Gasteiger partial charge is 0.225 e. The van der Waals surface area contributed by atoms with E-state index in [0.717, 1.165) is 41.0 Å². The number of allylic oxidation sites excluding steroid dienone is 2. The van der Waals surface area contributed by atoms with E-state index in [1.165, 1.54) is 5.56 Å². The molecular weight excluding hydrogens is 374 g/mol. The minimum absolute atomic E-state index is 0.0289. The second kappa shape index (κ2) is 8.86. The fraction of sp³-hybridized carbons (Fsp3) is 0.385. The third kappa shape index (κ3) is 4.04. The Balaban J connectivity index is 1.67. The topological polar surface area (TPSA) is 55.4 Å². The van der Waals surface area contributed by atoms with Crippen LogP contribution in [0.15, 0.2) is 59.8 Å². The summed E-state index contributed by atoms with van der Waals surface area (Å²) in [5.74, 6) is 0.747. The second-order valence-corrected chi connectivity index (χ2v) is 8.21. The second-order valence-electron chi connectivity index (χ2n) is 8.21. The molecule has 2 atom stereocenters. The number of benzene rings is 2. The zero-order valence-electron chi connectivity index (χ0n) is 17.7. The Morgan fingerprint density at radius 1 is 0.967 bits per heavy atom. The quantitative estimate of drug-likeness (QED) is 0.735. The first kappa shape index (κ1) is 20.4. The van der Waals surface area contributed by atoms with Gasteiger partial charge >= 0.3 is 0 Å². The Kier molecular flexibility index (Phi) is 6.03. The molecule has 0 saturated heterocycles. The summed E-state index contributed by atoms with van der Waals surface area (Å²) in [4.78, 5) is 25.9. The third-order valence-corrected chi connectivity index (χ3v) is 6.15. The largest absolute Gasteiger partial charge is 0.493 e. The van der Waals surface area contributed by atoms with Crippen LogP contribution in [0.4, 0.5) is 0 Å². The van der Waals surface area contributed by atoms with Gasteiger partial charge in [-0.3, -0.25) is 9.59 Å². The molecule has 4 nitrogen and oxygen atoms in total. The molecule has 1 amide bonds. The number of carbonyl (C=O) groups is 2. The van der Waals surface area contributed by atoms with E-state index in [9.17, 15) is 9.59 Å². The molecule has 1 aliphatic carbocycles. The van der Waals surface area contributed by atoms with Crippen LogP contribution in [0.2, 0.25) is 0 Å². The molecule has 0 fully saturated rings. The molecule has 0 saturated carbocycles. The van der Waals surface area contributed by atoms with Crippen LogP contribution in [0.5, 0.6) is 5.75 Å². The lowest BCUT2D eigenvalue weighted by atomic mass is 9.73. The van der Waals surface area contributed by atoms with Gasteiger partial charge in [-0.1, -0.05) is 56.3 Å². The summed E-state index contributed by atoms with van der Waals surface area (Å²) in [5, 5.41) is 3.01. The van der Waals surface area contributed by atoms with Crippen molar-refractivity contribution in [2.75, 3.05) is 6.61 Å². The Hall–Kier alpha value is -2.88. The fourth-order valence-electron chi connectivity index (χ4n) is 4.60. The van der Waals surface area contributed by atoms with E-state index in [1.807, 2.05) is 24.3 Å². The molecule has 0 bridgehead atoms. The summed E-state index contributed by atoms with van der Waals surface area (Å²) in [5.41, 5.74) is 4.95. The van der Waals surface area contributed by atoms with E-state index in [4.69, 9.17) is 4.74 Å². The van der Waals surface area contributed by atoms with Crippen molar-refractivity contribution in [2.24, 2.45) is 0 Å². The first-order valence-electron chi connectivity index (χ1n) is 11.0. The van der Waals surface area contributed by atoms with Crippen molar-refractivity contribution in [1.29, 1.82) is 0 Å². The number of amides is 1. The van der Waals surface area contributed by atoms with Gasteiger partial charge in [0.2, 0.25) is 5.91 Å². The first-order valence-corrected chi connectivity index (χ1v) is 11.0. The van der Waals surface area contributed by atoms with Crippen LogP contribution in [0.3, 0.4) is 0 Å². The van der Waals surface area contributed by atoms with Crippen LogP contribution >= 0.6 is 0 Å². The number of Topliss-reactive ketones (excluding diaryl/α,β-unsaturated/α-hetero) is 1. The summed E-state index contributed by atoms with van der Waals surface area (Å²) in [6, 6.07) is 16.3. The van der Waals surface area contributed by atoms with Crippen LogP contribution in [0, 0.1) is 0 Å². The number of rotatable bonds is 6. The molecule has 4 rings (SSSR count). The zero-order valence-corrected chi connectivity index (χ0v) is 17.7. The van der Waals surface area contributed by atoms with Gasteiger partial charge in [-0.25, -0.2) is 0 Å². The maximum atomic E-state index is 13.3. The highest BCUT2D eigenvalue weighted by Crippen LogP contribution is 2.44. The molecule has 2 aromatic carbocycles. The molecule has 1 N–H and O–H groups in total. The number of nitrogens with one attached hydrogen (secondary N) is 1. The predicted octanol–water partition coefficient (Wildman–Crippen LogP) is 5.04. The number of hydrogen-bond donors (Lipinski definition) is 1. The van der Waals surface area contributed by atoms with Gasteiger partial charge in [0.25, 0.3) is 0 Å². The van der Waals surface area contributed by atoms with Gasteiger partial charge in [0.1, 0.15) is 5.75 Å². The molecule has 2 aliphatic rings. The van der Waals surface area contributed by atoms with Crippen LogP contribution in [0.25, 0.3) is 0 Å². The number of hydrogen-bond acceptors (Lipinski definition) is 3. The molecule has 0 radical (unpaired) electrons. The average molecular weight is 404 g/mol. The molecular formula is C26H29NO3. The number of carbonyl (C=O) groups excluding carboxylic acids is 2. The van der Waals surface area contributed by atoms with E-state index in [2.05, 4.69) is 43.4 Å².